The van der Waals surface area contributed by atoms with Crippen molar-refractivity contribution in [3.05, 3.63) is 58.6 Å². The molecule has 0 saturated heterocycles. The molecule has 29 heavy (non-hydrogen) atoms. The molecule has 0 bridgehead atoms. The molecule has 4 nitrogen and oxygen atoms in total. The number of hydrogen-bond donors (Lipinski definition) is 1. The molecule has 0 amide bonds. The fourth-order valence-corrected chi connectivity index (χ4v) is 4.17. The molecule has 2 aromatic rings. The van der Waals surface area contributed by atoms with Gasteiger partial charge in [-0.25, -0.2) is 13.1 Å². The van der Waals surface area contributed by atoms with E-state index in [1.807, 2.05) is 4.72 Å². The summed E-state index contributed by atoms with van der Waals surface area (Å²) >= 11 is 3.19. The minimum absolute atomic E-state index is 0.243. The van der Waals surface area contributed by atoms with Gasteiger partial charge in [-0.1, -0.05) is 28.1 Å². The van der Waals surface area contributed by atoms with Crippen LogP contribution in [0.4, 0.5) is 26.3 Å². The lowest BCUT2D eigenvalue weighted by atomic mass is 10.0. The maximum atomic E-state index is 12.9. The van der Waals surface area contributed by atoms with Crippen molar-refractivity contribution in [3.63, 3.8) is 0 Å². The van der Waals surface area contributed by atoms with Gasteiger partial charge in [0.15, 0.2) is 0 Å². The van der Waals surface area contributed by atoms with Crippen molar-refractivity contribution in [2.45, 2.75) is 36.3 Å². The van der Waals surface area contributed by atoms with Crippen LogP contribution in [0.2, 0.25) is 0 Å². The normalized spacial score (nSPS) is 13.9. The third kappa shape index (κ3) is 8.23. The van der Waals surface area contributed by atoms with Gasteiger partial charge in [0, 0.05) is 10.5 Å². The lowest BCUT2D eigenvalue weighted by Gasteiger charge is -2.20. The predicted molar refractivity (Wildman–Crippen MR) is 95.8 cm³/mol. The van der Waals surface area contributed by atoms with E-state index < -0.39 is 45.7 Å². The van der Waals surface area contributed by atoms with Crippen molar-refractivity contribution < 1.29 is 39.5 Å². The summed E-state index contributed by atoms with van der Waals surface area (Å²) in [6.07, 6.45) is -11.3. The summed E-state index contributed by atoms with van der Waals surface area (Å²) in [5.74, 6) is -0.655. The molecule has 0 heterocycles. The van der Waals surface area contributed by atoms with Crippen molar-refractivity contribution >= 4 is 26.0 Å². The van der Waals surface area contributed by atoms with E-state index >= 15 is 0 Å². The number of alkyl halides is 6. The molecule has 0 fully saturated rings. The van der Waals surface area contributed by atoms with Crippen LogP contribution in [0.15, 0.2) is 57.9 Å². The first kappa shape index (κ1) is 23.5. The lowest BCUT2D eigenvalue weighted by Crippen LogP contribution is -2.39. The van der Waals surface area contributed by atoms with E-state index in [1.54, 1.807) is 24.3 Å². The number of nitrogens with one attached hydrogen (secondary N) is 1. The molecular weight excluding hydrogens is 492 g/mol. The number of benzene rings is 2. The van der Waals surface area contributed by atoms with Gasteiger partial charge >= 0.3 is 12.5 Å². The fourth-order valence-electron chi connectivity index (χ4n) is 2.49. The average Bonchev–Trinajstić information content (AvgIpc) is 2.51. The van der Waals surface area contributed by atoms with Crippen LogP contribution in [0, 0.1) is 0 Å². The Kier molecular flexibility index (Phi) is 7.23. The second-order valence-electron chi connectivity index (χ2n) is 5.99. The lowest BCUT2D eigenvalue weighted by molar-refractivity contribution is -0.274. The van der Waals surface area contributed by atoms with Crippen LogP contribution in [0.1, 0.15) is 12.0 Å². The Morgan fingerprint density at radius 1 is 1.00 bits per heavy atom. The highest BCUT2D eigenvalue weighted by Crippen LogP contribution is 2.27. The molecular formula is C17H14BrF6NO3S. The van der Waals surface area contributed by atoms with E-state index in [-0.39, 0.29) is 6.42 Å². The topological polar surface area (TPSA) is 55.4 Å². The Morgan fingerprint density at radius 2 is 1.62 bits per heavy atom. The van der Waals surface area contributed by atoms with E-state index in [0.29, 0.717) is 10.0 Å². The second-order valence-corrected chi connectivity index (χ2v) is 8.62. The molecule has 2 rings (SSSR count). The molecule has 12 heteroatoms. The van der Waals surface area contributed by atoms with Gasteiger partial charge in [-0.3, -0.25) is 0 Å². The average molecular weight is 506 g/mol. The van der Waals surface area contributed by atoms with Gasteiger partial charge in [0.1, 0.15) is 5.75 Å². The van der Waals surface area contributed by atoms with E-state index in [0.717, 1.165) is 24.3 Å². The molecule has 0 aliphatic heterocycles. The Labute approximate surface area is 171 Å². The summed E-state index contributed by atoms with van der Waals surface area (Å²) in [4.78, 5) is -0.492. The first-order valence-corrected chi connectivity index (χ1v) is 10.2. The largest absolute Gasteiger partial charge is 0.573 e. The van der Waals surface area contributed by atoms with E-state index in [9.17, 15) is 34.8 Å². The zero-order valence-corrected chi connectivity index (χ0v) is 16.8. The molecule has 160 valence electrons. The maximum Gasteiger partial charge on any atom is 0.573 e. The van der Waals surface area contributed by atoms with Crippen molar-refractivity contribution in [3.8, 4) is 5.75 Å². The van der Waals surface area contributed by atoms with Crippen molar-refractivity contribution in [1.29, 1.82) is 0 Å². The second kappa shape index (κ2) is 8.92. The molecule has 0 unspecified atom stereocenters. The van der Waals surface area contributed by atoms with Gasteiger partial charge in [0.2, 0.25) is 10.0 Å². The molecule has 0 aromatic heterocycles. The van der Waals surface area contributed by atoms with Gasteiger partial charge < -0.3 is 4.74 Å². The van der Waals surface area contributed by atoms with Crippen LogP contribution in [-0.4, -0.2) is 27.0 Å². The summed E-state index contributed by atoms with van der Waals surface area (Å²) in [5.41, 5.74) is 0.463. The fraction of sp³-hybridized carbons (Fsp3) is 0.294. The Hall–Kier alpha value is -1.79. The molecule has 0 saturated carbocycles. The van der Waals surface area contributed by atoms with E-state index in [2.05, 4.69) is 20.7 Å². The van der Waals surface area contributed by atoms with Crippen LogP contribution < -0.4 is 9.46 Å². The number of ether oxygens (including phenoxy) is 1. The highest BCUT2D eigenvalue weighted by Gasteiger charge is 2.34. The summed E-state index contributed by atoms with van der Waals surface area (Å²) < 4.78 is 106. The SMILES string of the molecule is O=S(=O)(N[C@H](Cc1cccc(Br)c1)CC(F)(F)F)c1ccc(OC(F)(F)F)cc1. The predicted octanol–water partition coefficient (Wildman–Crippen LogP) is 5.19. The van der Waals surface area contributed by atoms with Crippen LogP contribution in [0.3, 0.4) is 0 Å². The number of halogens is 7. The smallest absolute Gasteiger partial charge is 0.406 e. The highest BCUT2D eigenvalue weighted by molar-refractivity contribution is 9.10. The Bertz CT molecular complexity index is 929. The van der Waals surface area contributed by atoms with Crippen LogP contribution in [-0.2, 0) is 16.4 Å². The van der Waals surface area contributed by atoms with Crippen LogP contribution in [0.25, 0.3) is 0 Å². The molecule has 1 atom stereocenters. The van der Waals surface area contributed by atoms with E-state index in [1.165, 1.54) is 0 Å². The van der Waals surface area contributed by atoms with Crippen molar-refractivity contribution in [2.75, 3.05) is 0 Å². The summed E-state index contributed by atoms with van der Waals surface area (Å²) in [6.45, 7) is 0. The summed E-state index contributed by atoms with van der Waals surface area (Å²) in [7, 11) is -4.42. The molecule has 0 radical (unpaired) electrons. The minimum Gasteiger partial charge on any atom is -0.406 e. The first-order valence-electron chi connectivity index (χ1n) is 7.93. The quantitative estimate of drug-likeness (QED) is 0.527. The van der Waals surface area contributed by atoms with Crippen molar-refractivity contribution in [2.24, 2.45) is 0 Å². The Balaban J connectivity index is 2.21. The van der Waals surface area contributed by atoms with Crippen LogP contribution >= 0.6 is 15.9 Å². The zero-order chi connectivity index (χ0) is 21.9. The minimum atomic E-state index is -4.96. The summed E-state index contributed by atoms with van der Waals surface area (Å²) in [5, 5.41) is 0. The first-order chi connectivity index (χ1) is 13.2. The van der Waals surface area contributed by atoms with Crippen molar-refractivity contribution in [1.82, 2.24) is 4.72 Å². The van der Waals surface area contributed by atoms with Gasteiger partial charge in [-0.15, -0.1) is 13.2 Å². The van der Waals surface area contributed by atoms with Gasteiger partial charge in [-0.05, 0) is 48.4 Å². The molecule has 0 aliphatic rings. The number of rotatable bonds is 7. The van der Waals surface area contributed by atoms with Gasteiger partial charge in [0.25, 0.3) is 0 Å². The molecule has 1 N–H and O–H groups in total. The summed E-state index contributed by atoms with van der Waals surface area (Å²) in [6, 6.07) is 7.99. The Morgan fingerprint density at radius 3 is 2.14 bits per heavy atom. The monoisotopic (exact) mass is 505 g/mol. The third-order valence-corrected chi connectivity index (χ3v) is 5.57. The number of hydrogen-bond acceptors (Lipinski definition) is 3. The molecule has 2 aromatic carbocycles. The standard InChI is InChI=1S/C17H14BrF6NO3S/c18-12-3-1-2-11(8-12)9-13(10-16(19,20)21)25-29(26,27)15-6-4-14(5-7-15)28-17(22,23)24/h1-8,13,25H,9-10H2/t13-/m1/s1. The maximum absolute atomic E-state index is 12.9. The number of sulfonamides is 1. The highest BCUT2D eigenvalue weighted by atomic mass is 79.9. The molecule has 0 aliphatic carbocycles. The third-order valence-electron chi connectivity index (χ3n) is 3.54. The van der Waals surface area contributed by atoms with Gasteiger partial charge in [0.05, 0.1) is 11.3 Å². The zero-order valence-electron chi connectivity index (χ0n) is 14.4. The molecule has 0 spiro atoms. The van der Waals surface area contributed by atoms with E-state index in [4.69, 9.17) is 0 Å². The van der Waals surface area contributed by atoms with Crippen LogP contribution in [0.5, 0.6) is 5.75 Å². The van der Waals surface area contributed by atoms with Gasteiger partial charge in [-0.2, -0.15) is 13.2 Å².